The molecule has 1 atom stereocenters. The SMILES string of the molecule is CN1C(=O)C(c2ccc(OS(=O)(=O)c3ccc4c(c3)oc(=O)n4C)cc2)(c2ccc(F)c(Br)c2)N=C1N. The van der Waals surface area contributed by atoms with Crippen LogP contribution in [0.1, 0.15) is 11.1 Å². The van der Waals surface area contributed by atoms with Crippen molar-refractivity contribution < 1.29 is 26.2 Å². The molecule has 3 aromatic carbocycles. The first-order valence-electron chi connectivity index (χ1n) is 10.7. The Hall–Kier alpha value is -3.97. The monoisotopic (exact) mass is 588 g/mol. The highest BCUT2D eigenvalue weighted by Crippen LogP contribution is 2.41. The zero-order valence-electron chi connectivity index (χ0n) is 19.3. The fraction of sp³-hybridized carbons (Fsp3) is 0.125. The van der Waals surface area contributed by atoms with Gasteiger partial charge in [-0.05, 0) is 63.5 Å². The number of aromatic nitrogens is 1. The van der Waals surface area contributed by atoms with Gasteiger partial charge in [-0.1, -0.05) is 18.2 Å². The van der Waals surface area contributed by atoms with Crippen LogP contribution in [0.15, 0.2) is 84.2 Å². The molecule has 0 saturated heterocycles. The van der Waals surface area contributed by atoms with E-state index in [0.717, 1.165) is 0 Å². The molecule has 2 N–H and O–H groups in total. The van der Waals surface area contributed by atoms with Crippen LogP contribution >= 0.6 is 15.9 Å². The number of aryl methyl sites for hydroxylation is 1. The molecule has 1 unspecified atom stereocenters. The van der Waals surface area contributed by atoms with Crippen LogP contribution in [-0.2, 0) is 27.5 Å². The first-order chi connectivity index (χ1) is 17.4. The standard InChI is InChI=1S/C24H18BrFN4O6S/c1-29-19-10-8-16(12-20(19)35-23(29)32)37(33,34)36-15-6-3-13(4-7-15)24(21(31)30(2)22(27)28-24)14-5-9-18(26)17(25)11-14/h3-12H,1-2H3,(H2,27,28). The molecule has 1 aliphatic heterocycles. The third-order valence-corrected chi connectivity index (χ3v) is 7.96. The summed E-state index contributed by atoms with van der Waals surface area (Å²) in [6.45, 7) is 0. The number of carbonyl (C=O) groups excluding carboxylic acids is 1. The molecular formula is C24H18BrFN4O6S. The van der Waals surface area contributed by atoms with Crippen LogP contribution in [0.4, 0.5) is 4.39 Å². The highest BCUT2D eigenvalue weighted by Gasteiger charge is 2.49. The molecule has 0 aliphatic carbocycles. The molecule has 0 spiro atoms. The van der Waals surface area contributed by atoms with Crippen molar-refractivity contribution in [1.29, 1.82) is 0 Å². The first-order valence-corrected chi connectivity index (χ1v) is 12.9. The van der Waals surface area contributed by atoms with E-state index in [1.807, 2.05) is 0 Å². The van der Waals surface area contributed by atoms with E-state index >= 15 is 0 Å². The van der Waals surface area contributed by atoms with Crippen molar-refractivity contribution in [2.24, 2.45) is 17.8 Å². The van der Waals surface area contributed by atoms with Crippen LogP contribution in [0, 0.1) is 5.82 Å². The Morgan fingerprint density at radius 3 is 2.32 bits per heavy atom. The number of fused-ring (bicyclic) bond motifs is 1. The number of likely N-dealkylation sites (N-methyl/N-ethyl adjacent to an activating group) is 1. The first kappa shape index (κ1) is 24.7. The van der Waals surface area contributed by atoms with Gasteiger partial charge in [-0.25, -0.2) is 14.2 Å². The predicted molar refractivity (Wildman–Crippen MR) is 135 cm³/mol. The molecule has 1 aliphatic rings. The Morgan fingerprint density at radius 1 is 1.03 bits per heavy atom. The number of halogens is 2. The number of rotatable bonds is 5. The molecule has 0 fully saturated rings. The summed E-state index contributed by atoms with van der Waals surface area (Å²) in [7, 11) is -1.32. The van der Waals surface area contributed by atoms with Gasteiger partial charge in [0.1, 0.15) is 16.5 Å². The molecular weight excluding hydrogens is 571 g/mol. The van der Waals surface area contributed by atoms with Crippen LogP contribution in [0.2, 0.25) is 0 Å². The number of nitrogens with zero attached hydrogens (tertiary/aromatic N) is 3. The third-order valence-electron chi connectivity index (χ3n) is 6.11. The van der Waals surface area contributed by atoms with Gasteiger partial charge in [-0.2, -0.15) is 8.42 Å². The largest absolute Gasteiger partial charge is 0.419 e. The smallest absolute Gasteiger partial charge is 0.408 e. The molecule has 5 rings (SSSR count). The van der Waals surface area contributed by atoms with Gasteiger partial charge in [0.05, 0.1) is 9.99 Å². The summed E-state index contributed by atoms with van der Waals surface area (Å²) >= 11 is 3.14. The predicted octanol–water partition coefficient (Wildman–Crippen LogP) is 2.83. The molecule has 0 radical (unpaired) electrons. The minimum absolute atomic E-state index is 0.0312. The lowest BCUT2D eigenvalue weighted by molar-refractivity contribution is -0.129. The Morgan fingerprint density at radius 2 is 1.70 bits per heavy atom. The van der Waals surface area contributed by atoms with E-state index in [9.17, 15) is 22.4 Å². The molecule has 13 heteroatoms. The Labute approximate surface area is 218 Å². The molecule has 4 aromatic rings. The zero-order chi connectivity index (χ0) is 26.7. The molecule has 10 nitrogen and oxygen atoms in total. The van der Waals surface area contributed by atoms with Crippen molar-refractivity contribution in [3.63, 3.8) is 0 Å². The number of guanidine groups is 1. The molecule has 190 valence electrons. The number of hydrogen-bond donors (Lipinski definition) is 1. The lowest BCUT2D eigenvalue weighted by Crippen LogP contribution is -2.41. The average Bonchev–Trinajstić information content (AvgIpc) is 3.28. The van der Waals surface area contributed by atoms with E-state index in [2.05, 4.69) is 20.9 Å². The summed E-state index contributed by atoms with van der Waals surface area (Å²) in [4.78, 5) is 30.4. The van der Waals surface area contributed by atoms with Gasteiger partial charge in [-0.15, -0.1) is 0 Å². The zero-order valence-corrected chi connectivity index (χ0v) is 21.7. The summed E-state index contributed by atoms with van der Waals surface area (Å²) in [5.74, 6) is -1.68. The summed E-state index contributed by atoms with van der Waals surface area (Å²) in [5.41, 5.74) is 5.59. The van der Waals surface area contributed by atoms with Gasteiger partial charge >= 0.3 is 15.9 Å². The van der Waals surface area contributed by atoms with E-state index in [0.29, 0.717) is 16.6 Å². The Kier molecular flexibility index (Phi) is 5.72. The fourth-order valence-electron chi connectivity index (χ4n) is 4.10. The van der Waals surface area contributed by atoms with E-state index in [1.54, 1.807) is 0 Å². The van der Waals surface area contributed by atoms with E-state index in [4.69, 9.17) is 14.3 Å². The number of carbonyl (C=O) groups is 1. The quantitative estimate of drug-likeness (QED) is 0.354. The fourth-order valence-corrected chi connectivity index (χ4v) is 5.43. The lowest BCUT2D eigenvalue weighted by Gasteiger charge is -2.26. The number of benzene rings is 3. The normalized spacial score (nSPS) is 17.9. The van der Waals surface area contributed by atoms with Gasteiger partial charge in [0.25, 0.3) is 5.91 Å². The van der Waals surface area contributed by atoms with Gasteiger partial charge in [0.15, 0.2) is 17.1 Å². The maximum Gasteiger partial charge on any atom is 0.419 e. The maximum absolute atomic E-state index is 13.9. The van der Waals surface area contributed by atoms with Crippen LogP contribution in [0.3, 0.4) is 0 Å². The summed E-state index contributed by atoms with van der Waals surface area (Å²) < 4.78 is 51.4. The maximum atomic E-state index is 13.9. The summed E-state index contributed by atoms with van der Waals surface area (Å²) in [6.07, 6.45) is 0. The molecule has 37 heavy (non-hydrogen) atoms. The van der Waals surface area contributed by atoms with Crippen molar-refractivity contribution in [3.05, 3.63) is 92.6 Å². The van der Waals surface area contributed by atoms with E-state index in [-0.39, 0.29) is 26.7 Å². The number of aliphatic imine (C=N–C) groups is 1. The van der Waals surface area contributed by atoms with Crippen molar-refractivity contribution in [2.45, 2.75) is 10.4 Å². The minimum atomic E-state index is -4.29. The van der Waals surface area contributed by atoms with E-state index < -0.39 is 33.1 Å². The van der Waals surface area contributed by atoms with Gasteiger partial charge < -0.3 is 14.3 Å². The van der Waals surface area contributed by atoms with Crippen molar-refractivity contribution >= 4 is 49.0 Å². The molecule has 1 aromatic heterocycles. The second kappa shape index (κ2) is 8.56. The van der Waals surface area contributed by atoms with Gasteiger partial charge in [0, 0.05) is 20.2 Å². The van der Waals surface area contributed by atoms with Crippen molar-refractivity contribution in [3.8, 4) is 5.75 Å². The number of amides is 1. The summed E-state index contributed by atoms with van der Waals surface area (Å²) in [5, 5.41) is 0. The van der Waals surface area contributed by atoms with Crippen LogP contribution in [0.25, 0.3) is 11.1 Å². The molecule has 1 amide bonds. The third kappa shape index (κ3) is 3.90. The number of nitrogens with two attached hydrogens (primary N) is 1. The van der Waals surface area contributed by atoms with Crippen LogP contribution < -0.4 is 15.7 Å². The van der Waals surface area contributed by atoms with Gasteiger partial charge in [0.2, 0.25) is 0 Å². The van der Waals surface area contributed by atoms with Crippen molar-refractivity contribution in [2.75, 3.05) is 7.05 Å². The number of oxazole rings is 1. The second-order valence-electron chi connectivity index (χ2n) is 8.29. The average molecular weight is 589 g/mol. The van der Waals surface area contributed by atoms with Crippen LogP contribution in [0.5, 0.6) is 5.75 Å². The Bertz CT molecular complexity index is 1780. The highest BCUT2D eigenvalue weighted by atomic mass is 79.9. The van der Waals surface area contributed by atoms with Gasteiger partial charge in [-0.3, -0.25) is 14.3 Å². The van der Waals surface area contributed by atoms with Crippen LogP contribution in [-0.4, -0.2) is 36.8 Å². The number of hydrogen-bond acceptors (Lipinski definition) is 8. The van der Waals surface area contributed by atoms with E-state index in [1.165, 1.54) is 84.2 Å². The molecule has 0 bridgehead atoms. The summed E-state index contributed by atoms with van der Waals surface area (Å²) in [6, 6.07) is 13.7. The topological polar surface area (TPSA) is 137 Å². The second-order valence-corrected chi connectivity index (χ2v) is 10.7. The molecule has 2 heterocycles. The highest BCUT2D eigenvalue weighted by molar-refractivity contribution is 9.10. The Balaban J connectivity index is 1.51. The lowest BCUT2D eigenvalue weighted by atomic mass is 9.83. The molecule has 0 saturated carbocycles. The van der Waals surface area contributed by atoms with Crippen molar-refractivity contribution in [1.82, 2.24) is 9.47 Å². The minimum Gasteiger partial charge on any atom is -0.408 e.